The van der Waals surface area contributed by atoms with E-state index in [1.54, 1.807) is 36.7 Å². The summed E-state index contributed by atoms with van der Waals surface area (Å²) in [6, 6.07) is 29.6. The molecule has 4 nitrogen and oxygen atoms in total. The van der Waals surface area contributed by atoms with Crippen molar-refractivity contribution in [1.82, 2.24) is 0 Å². The maximum atomic E-state index is 10.3. The molecule has 6 heteroatoms. The van der Waals surface area contributed by atoms with Crippen molar-refractivity contribution in [2.24, 2.45) is 9.98 Å². The molecule has 0 saturated carbocycles. The minimum absolute atomic E-state index is 0.151. The van der Waals surface area contributed by atoms with Gasteiger partial charge in [-0.15, -0.1) is 0 Å². The number of nitrogens with zero attached hydrogens (tertiary/aromatic N) is 2. The highest BCUT2D eigenvalue weighted by molar-refractivity contribution is 9.10. The van der Waals surface area contributed by atoms with Crippen molar-refractivity contribution < 1.29 is 10.2 Å². The van der Waals surface area contributed by atoms with E-state index in [1.807, 2.05) is 72.8 Å². The monoisotopic (exact) mass is 576 g/mol. The molecule has 0 fully saturated rings. The fourth-order valence-corrected chi connectivity index (χ4v) is 4.34. The third kappa shape index (κ3) is 6.01. The summed E-state index contributed by atoms with van der Waals surface area (Å²) in [5.74, 6) is 0.301. The number of halogens is 2. The smallest absolute Gasteiger partial charge is 0.124 e. The molecule has 4 aromatic rings. The number of phenols is 2. The van der Waals surface area contributed by atoms with Gasteiger partial charge in [0.2, 0.25) is 0 Å². The summed E-state index contributed by atoms with van der Waals surface area (Å²) in [4.78, 5) is 9.81. The lowest BCUT2D eigenvalue weighted by Crippen LogP contribution is -2.09. The van der Waals surface area contributed by atoms with Crippen molar-refractivity contribution in [1.29, 1.82) is 0 Å². The second-order valence-electron chi connectivity index (χ2n) is 7.67. The number of aliphatic imine (C=N–C) groups is 2. The Morgan fingerprint density at radius 2 is 0.941 bits per heavy atom. The van der Waals surface area contributed by atoms with Crippen LogP contribution in [0.1, 0.15) is 34.3 Å². The maximum Gasteiger partial charge on any atom is 0.124 e. The van der Waals surface area contributed by atoms with Gasteiger partial charge in [-0.25, -0.2) is 0 Å². The highest BCUT2D eigenvalue weighted by Gasteiger charge is 2.23. The largest absolute Gasteiger partial charge is 0.507 e. The Hall–Kier alpha value is -3.22. The second-order valence-corrected chi connectivity index (χ2v) is 9.51. The fourth-order valence-electron chi connectivity index (χ4n) is 3.58. The lowest BCUT2D eigenvalue weighted by molar-refractivity contribution is 0.473. The van der Waals surface area contributed by atoms with Crippen LogP contribution in [-0.4, -0.2) is 22.6 Å². The highest BCUT2D eigenvalue weighted by atomic mass is 79.9. The van der Waals surface area contributed by atoms with E-state index in [1.165, 1.54) is 0 Å². The zero-order valence-corrected chi connectivity index (χ0v) is 21.3. The van der Waals surface area contributed by atoms with Gasteiger partial charge in [0, 0.05) is 32.5 Å². The molecule has 0 aliphatic heterocycles. The molecule has 2 atom stereocenters. The van der Waals surface area contributed by atoms with Gasteiger partial charge < -0.3 is 10.2 Å². The van der Waals surface area contributed by atoms with Gasteiger partial charge >= 0.3 is 0 Å². The minimum Gasteiger partial charge on any atom is -0.507 e. The molecule has 2 N–H and O–H groups in total. The molecule has 0 saturated heterocycles. The molecular formula is C28H22Br2N2O2. The molecule has 0 amide bonds. The standard InChI is InChI=1S/C28H22Br2N2O2/c29-23-11-13-25(33)21(15-23)17-31-27(19-7-3-1-4-8-19)28(20-9-5-2-6-10-20)32-18-22-16-24(30)12-14-26(22)34/h1-18,27-28,33-34H/b31-17+,32-18+/t27-,28-/m0/s1. The van der Waals surface area contributed by atoms with E-state index in [9.17, 15) is 10.2 Å². The van der Waals surface area contributed by atoms with Crippen LogP contribution >= 0.6 is 31.9 Å². The summed E-state index contributed by atoms with van der Waals surface area (Å²) in [7, 11) is 0. The van der Waals surface area contributed by atoms with Crippen LogP contribution in [0.5, 0.6) is 11.5 Å². The van der Waals surface area contributed by atoms with Gasteiger partial charge in [0.15, 0.2) is 0 Å². The third-order valence-electron chi connectivity index (χ3n) is 5.31. The van der Waals surface area contributed by atoms with E-state index in [4.69, 9.17) is 9.98 Å². The predicted molar refractivity (Wildman–Crippen MR) is 145 cm³/mol. The van der Waals surface area contributed by atoms with Crippen LogP contribution in [0.3, 0.4) is 0 Å². The van der Waals surface area contributed by atoms with Gasteiger partial charge in [0.25, 0.3) is 0 Å². The van der Waals surface area contributed by atoms with Gasteiger partial charge in [0.1, 0.15) is 23.6 Å². The molecule has 0 aliphatic carbocycles. The summed E-state index contributed by atoms with van der Waals surface area (Å²) >= 11 is 6.91. The Kier molecular flexibility index (Phi) is 7.93. The van der Waals surface area contributed by atoms with Crippen LogP contribution in [0.15, 0.2) is 116 Å². The summed E-state index contributed by atoms with van der Waals surface area (Å²) in [5, 5.41) is 20.6. The molecule has 4 aromatic carbocycles. The summed E-state index contributed by atoms with van der Waals surface area (Å²) in [6.07, 6.45) is 3.36. The van der Waals surface area contributed by atoms with E-state index in [0.717, 1.165) is 20.1 Å². The molecule has 0 aromatic heterocycles. The van der Waals surface area contributed by atoms with Crippen molar-refractivity contribution in [3.63, 3.8) is 0 Å². The van der Waals surface area contributed by atoms with Crippen LogP contribution in [-0.2, 0) is 0 Å². The molecule has 0 bridgehead atoms. The van der Waals surface area contributed by atoms with E-state index in [2.05, 4.69) is 31.9 Å². The second kappa shape index (κ2) is 11.3. The van der Waals surface area contributed by atoms with Crippen molar-refractivity contribution in [3.05, 3.63) is 128 Å². The molecule has 0 unspecified atom stereocenters. The van der Waals surface area contributed by atoms with Gasteiger partial charge in [-0.1, -0.05) is 92.5 Å². The topological polar surface area (TPSA) is 65.2 Å². The van der Waals surface area contributed by atoms with Gasteiger partial charge in [-0.2, -0.15) is 0 Å². The van der Waals surface area contributed by atoms with Crippen LogP contribution in [0.4, 0.5) is 0 Å². The first-order chi connectivity index (χ1) is 16.5. The average Bonchev–Trinajstić information content (AvgIpc) is 2.86. The predicted octanol–water partition coefficient (Wildman–Crippen LogP) is 7.64. The Bertz CT molecular complexity index is 1210. The minimum atomic E-state index is -0.368. The molecule has 170 valence electrons. The Labute approximate surface area is 215 Å². The van der Waals surface area contributed by atoms with Crippen LogP contribution < -0.4 is 0 Å². The number of phenolic OH excluding ortho intramolecular Hbond substituents is 2. The van der Waals surface area contributed by atoms with Gasteiger partial charge in [0.05, 0.1) is 0 Å². The lowest BCUT2D eigenvalue weighted by atomic mass is 9.94. The third-order valence-corrected chi connectivity index (χ3v) is 6.30. The zero-order chi connectivity index (χ0) is 23.9. The Balaban J connectivity index is 1.81. The van der Waals surface area contributed by atoms with Crippen molar-refractivity contribution in [2.75, 3.05) is 0 Å². The van der Waals surface area contributed by atoms with E-state index < -0.39 is 0 Å². The van der Waals surface area contributed by atoms with Gasteiger partial charge in [-0.05, 0) is 47.5 Å². The quantitative estimate of drug-likeness (QED) is 0.222. The molecule has 0 radical (unpaired) electrons. The molecular weight excluding hydrogens is 556 g/mol. The highest BCUT2D eigenvalue weighted by Crippen LogP contribution is 2.36. The zero-order valence-electron chi connectivity index (χ0n) is 18.1. The first-order valence-electron chi connectivity index (χ1n) is 10.6. The molecule has 0 spiro atoms. The molecule has 34 heavy (non-hydrogen) atoms. The van der Waals surface area contributed by atoms with Crippen molar-refractivity contribution >= 4 is 44.3 Å². The molecule has 4 rings (SSSR count). The van der Waals surface area contributed by atoms with E-state index in [0.29, 0.717) is 11.1 Å². The fraction of sp³-hybridized carbons (Fsp3) is 0.0714. The average molecular weight is 578 g/mol. The maximum absolute atomic E-state index is 10.3. The summed E-state index contributed by atoms with van der Waals surface area (Å²) in [6.45, 7) is 0. The molecule has 0 aliphatic rings. The lowest BCUT2D eigenvalue weighted by Gasteiger charge is -2.22. The van der Waals surface area contributed by atoms with Gasteiger partial charge in [-0.3, -0.25) is 9.98 Å². The number of hydrogen-bond donors (Lipinski definition) is 2. The van der Waals surface area contributed by atoms with Crippen LogP contribution in [0.2, 0.25) is 0 Å². The van der Waals surface area contributed by atoms with Crippen molar-refractivity contribution in [2.45, 2.75) is 12.1 Å². The summed E-state index contributed by atoms with van der Waals surface area (Å²) in [5.41, 5.74) is 3.18. The number of aromatic hydroxyl groups is 2. The molecule has 0 heterocycles. The van der Waals surface area contributed by atoms with E-state index in [-0.39, 0.29) is 23.6 Å². The first kappa shape index (κ1) is 23.9. The normalized spacial score (nSPS) is 13.4. The van der Waals surface area contributed by atoms with Crippen LogP contribution in [0, 0.1) is 0 Å². The Morgan fingerprint density at radius 1 is 0.559 bits per heavy atom. The number of hydrogen-bond acceptors (Lipinski definition) is 4. The SMILES string of the molecule is Oc1ccc(Br)cc1/C=N/[C@@H](c1ccccc1)[C@@H](/N=C/c1cc(Br)ccc1O)c1ccccc1. The summed E-state index contributed by atoms with van der Waals surface area (Å²) < 4.78 is 1.71. The Morgan fingerprint density at radius 3 is 1.32 bits per heavy atom. The van der Waals surface area contributed by atoms with Crippen LogP contribution in [0.25, 0.3) is 0 Å². The first-order valence-corrected chi connectivity index (χ1v) is 12.2. The number of rotatable bonds is 7. The van der Waals surface area contributed by atoms with E-state index >= 15 is 0 Å². The van der Waals surface area contributed by atoms with Crippen molar-refractivity contribution in [3.8, 4) is 11.5 Å². The number of benzene rings is 4.